The van der Waals surface area contributed by atoms with Crippen LogP contribution in [0.5, 0.6) is 0 Å². The van der Waals surface area contributed by atoms with Gasteiger partial charge in [0.05, 0.1) is 0 Å². The van der Waals surface area contributed by atoms with Gasteiger partial charge in [0.2, 0.25) is 5.91 Å². The SMILES string of the molecule is C#CN(C(=O)CNC(=O)OC(C)(C)C)C(C(=O)NC(C)C)c1cccc(C=C)c1. The van der Waals surface area contributed by atoms with Crippen molar-refractivity contribution < 1.29 is 19.1 Å². The van der Waals surface area contributed by atoms with Gasteiger partial charge in [0.1, 0.15) is 18.2 Å². The van der Waals surface area contributed by atoms with Crippen LogP contribution in [-0.4, -0.2) is 41.0 Å². The lowest BCUT2D eigenvalue weighted by Gasteiger charge is -2.27. The van der Waals surface area contributed by atoms with E-state index in [1.807, 2.05) is 6.07 Å². The summed E-state index contributed by atoms with van der Waals surface area (Å²) in [6.45, 7) is 12.1. The molecule has 0 aliphatic heterocycles. The molecule has 29 heavy (non-hydrogen) atoms. The van der Waals surface area contributed by atoms with Gasteiger partial charge < -0.3 is 15.4 Å². The minimum absolute atomic E-state index is 0.151. The number of ether oxygens (including phenoxy) is 1. The lowest BCUT2D eigenvalue weighted by molar-refractivity contribution is -0.136. The van der Waals surface area contributed by atoms with Gasteiger partial charge in [0.25, 0.3) is 5.91 Å². The van der Waals surface area contributed by atoms with E-state index < -0.39 is 36.1 Å². The van der Waals surface area contributed by atoms with Crippen molar-refractivity contribution in [1.29, 1.82) is 0 Å². The van der Waals surface area contributed by atoms with Crippen LogP contribution in [0, 0.1) is 12.5 Å². The van der Waals surface area contributed by atoms with E-state index in [2.05, 4.69) is 23.3 Å². The van der Waals surface area contributed by atoms with E-state index in [4.69, 9.17) is 11.2 Å². The highest BCUT2D eigenvalue weighted by Gasteiger charge is 2.31. The number of hydrogen-bond donors (Lipinski definition) is 2. The van der Waals surface area contributed by atoms with E-state index in [0.717, 1.165) is 10.5 Å². The van der Waals surface area contributed by atoms with Crippen molar-refractivity contribution in [3.8, 4) is 12.5 Å². The van der Waals surface area contributed by atoms with Crippen molar-refractivity contribution in [2.45, 2.75) is 52.3 Å². The van der Waals surface area contributed by atoms with Gasteiger partial charge >= 0.3 is 6.09 Å². The van der Waals surface area contributed by atoms with Crippen molar-refractivity contribution in [2.75, 3.05) is 6.54 Å². The maximum absolute atomic E-state index is 12.8. The second-order valence-corrected chi connectivity index (χ2v) is 7.69. The Hall–Kier alpha value is -3.27. The van der Waals surface area contributed by atoms with Gasteiger partial charge in [0, 0.05) is 12.1 Å². The van der Waals surface area contributed by atoms with Crippen molar-refractivity contribution in [3.05, 3.63) is 42.0 Å². The summed E-state index contributed by atoms with van der Waals surface area (Å²) < 4.78 is 5.11. The Balaban J connectivity index is 3.11. The number of alkyl carbamates (subject to hydrolysis) is 1. The fourth-order valence-corrected chi connectivity index (χ4v) is 2.47. The number of carbonyl (C=O) groups excluding carboxylic acids is 3. The number of carbonyl (C=O) groups is 3. The largest absolute Gasteiger partial charge is 0.444 e. The number of terminal acetylenes is 1. The molecular formula is C22H29N3O4. The lowest BCUT2D eigenvalue weighted by Crippen LogP contribution is -2.46. The third kappa shape index (κ3) is 7.70. The summed E-state index contributed by atoms with van der Waals surface area (Å²) in [5.41, 5.74) is 0.606. The Morgan fingerprint density at radius 2 is 1.97 bits per heavy atom. The molecule has 1 atom stereocenters. The maximum Gasteiger partial charge on any atom is 0.408 e. The first-order chi connectivity index (χ1) is 13.5. The van der Waals surface area contributed by atoms with Gasteiger partial charge in [-0.2, -0.15) is 0 Å². The molecule has 0 saturated carbocycles. The zero-order valence-electron chi connectivity index (χ0n) is 17.6. The van der Waals surface area contributed by atoms with Crippen molar-refractivity contribution in [2.24, 2.45) is 0 Å². The van der Waals surface area contributed by atoms with Crippen molar-refractivity contribution in [1.82, 2.24) is 15.5 Å². The van der Waals surface area contributed by atoms with Crippen LogP contribution in [0.4, 0.5) is 4.79 Å². The highest BCUT2D eigenvalue weighted by atomic mass is 16.6. The first-order valence-electron chi connectivity index (χ1n) is 9.26. The Morgan fingerprint density at radius 3 is 2.48 bits per heavy atom. The number of nitrogens with one attached hydrogen (secondary N) is 2. The molecule has 2 N–H and O–H groups in total. The highest BCUT2D eigenvalue weighted by Crippen LogP contribution is 2.23. The average Bonchev–Trinajstić information content (AvgIpc) is 2.61. The molecule has 0 spiro atoms. The Bertz CT molecular complexity index is 803. The molecule has 0 fully saturated rings. The predicted octanol–water partition coefficient (Wildman–Crippen LogP) is 2.84. The average molecular weight is 399 g/mol. The van der Waals surface area contributed by atoms with E-state index in [1.54, 1.807) is 58.9 Å². The van der Waals surface area contributed by atoms with Gasteiger partial charge in [-0.1, -0.05) is 37.3 Å². The number of benzene rings is 1. The highest BCUT2D eigenvalue weighted by molar-refractivity contribution is 5.91. The van der Waals surface area contributed by atoms with E-state index in [0.29, 0.717) is 5.56 Å². The standard InChI is InChI=1S/C22H29N3O4/c1-8-16-11-10-12-17(13-16)19(20(27)24-15(3)4)25(9-2)18(26)14-23-21(28)29-22(5,6)7/h2,8,10-13,15,19H,1,14H2,3-7H3,(H,23,28)(H,24,27). The molecule has 0 aromatic heterocycles. The van der Waals surface area contributed by atoms with Crippen LogP contribution < -0.4 is 10.6 Å². The lowest BCUT2D eigenvalue weighted by atomic mass is 10.0. The molecule has 7 nitrogen and oxygen atoms in total. The molecule has 0 aliphatic carbocycles. The molecule has 3 amide bonds. The topological polar surface area (TPSA) is 87.7 Å². The van der Waals surface area contributed by atoms with Crippen LogP contribution in [-0.2, 0) is 14.3 Å². The summed E-state index contributed by atoms with van der Waals surface area (Å²) in [6.07, 6.45) is 6.45. The number of nitrogens with zero attached hydrogens (tertiary/aromatic N) is 1. The fraction of sp³-hybridized carbons (Fsp3) is 0.409. The first-order valence-corrected chi connectivity index (χ1v) is 9.26. The number of hydrogen-bond acceptors (Lipinski definition) is 4. The van der Waals surface area contributed by atoms with Gasteiger partial charge in [0.15, 0.2) is 0 Å². The molecule has 0 heterocycles. The normalized spacial score (nSPS) is 11.8. The van der Waals surface area contributed by atoms with Crippen LogP contribution in [0.1, 0.15) is 51.8 Å². The second-order valence-electron chi connectivity index (χ2n) is 7.69. The molecular weight excluding hydrogens is 370 g/mol. The van der Waals surface area contributed by atoms with Crippen LogP contribution in [0.15, 0.2) is 30.8 Å². The third-order valence-corrected chi connectivity index (χ3v) is 3.59. The predicted molar refractivity (Wildman–Crippen MR) is 112 cm³/mol. The molecule has 0 radical (unpaired) electrons. The Labute approximate surface area is 172 Å². The zero-order chi connectivity index (χ0) is 22.2. The summed E-state index contributed by atoms with van der Waals surface area (Å²) in [6, 6.07) is 8.07. The minimum atomic E-state index is -1.06. The zero-order valence-corrected chi connectivity index (χ0v) is 17.6. The van der Waals surface area contributed by atoms with Crippen LogP contribution >= 0.6 is 0 Å². The molecule has 0 saturated heterocycles. The number of amides is 3. The monoisotopic (exact) mass is 399 g/mol. The summed E-state index contributed by atoms with van der Waals surface area (Å²) in [7, 11) is 0. The molecule has 1 aromatic rings. The molecule has 7 heteroatoms. The van der Waals surface area contributed by atoms with Gasteiger partial charge in [-0.25, -0.2) is 4.79 Å². The smallest absolute Gasteiger partial charge is 0.408 e. The molecule has 1 rings (SSSR count). The molecule has 1 aromatic carbocycles. The van der Waals surface area contributed by atoms with Gasteiger partial charge in [-0.3, -0.25) is 14.5 Å². The quantitative estimate of drug-likeness (QED) is 0.545. The molecule has 0 aliphatic rings. The van der Waals surface area contributed by atoms with Gasteiger partial charge in [-0.15, -0.1) is 0 Å². The summed E-state index contributed by atoms with van der Waals surface area (Å²) in [5, 5.41) is 5.14. The van der Waals surface area contributed by atoms with Crippen LogP contribution in [0.3, 0.4) is 0 Å². The Morgan fingerprint density at radius 1 is 1.31 bits per heavy atom. The summed E-state index contributed by atoms with van der Waals surface area (Å²) in [5.74, 6) is -1.05. The number of rotatable bonds is 7. The van der Waals surface area contributed by atoms with Crippen molar-refractivity contribution >= 4 is 24.0 Å². The van der Waals surface area contributed by atoms with Gasteiger partial charge in [-0.05, 0) is 51.8 Å². The van der Waals surface area contributed by atoms with E-state index in [1.165, 1.54) is 0 Å². The first kappa shape index (κ1) is 23.8. The summed E-state index contributed by atoms with van der Waals surface area (Å²) in [4.78, 5) is 38.4. The van der Waals surface area contributed by atoms with E-state index >= 15 is 0 Å². The summed E-state index contributed by atoms with van der Waals surface area (Å²) >= 11 is 0. The Kier molecular flexibility index (Phi) is 8.46. The molecule has 156 valence electrons. The van der Waals surface area contributed by atoms with Crippen LogP contribution in [0.25, 0.3) is 6.08 Å². The fourth-order valence-electron chi connectivity index (χ4n) is 2.47. The molecule has 0 bridgehead atoms. The minimum Gasteiger partial charge on any atom is -0.444 e. The second kappa shape index (κ2) is 10.3. The third-order valence-electron chi connectivity index (χ3n) is 3.59. The maximum atomic E-state index is 12.8. The van der Waals surface area contributed by atoms with E-state index in [-0.39, 0.29) is 6.04 Å². The van der Waals surface area contributed by atoms with E-state index in [9.17, 15) is 14.4 Å². The molecule has 1 unspecified atom stereocenters. The van der Waals surface area contributed by atoms with Crippen LogP contribution in [0.2, 0.25) is 0 Å². The van der Waals surface area contributed by atoms with Crippen molar-refractivity contribution in [3.63, 3.8) is 0 Å².